The van der Waals surface area contributed by atoms with Crippen LogP contribution in [0.3, 0.4) is 0 Å². The highest BCUT2D eigenvalue weighted by Gasteiger charge is 2.30. The molecule has 4 nitrogen and oxygen atoms in total. The van der Waals surface area contributed by atoms with E-state index in [1.807, 2.05) is 11.8 Å². The Labute approximate surface area is 85.3 Å². The number of nitrogens with one attached hydrogen (secondary N) is 1. The van der Waals surface area contributed by atoms with Crippen LogP contribution in [0.4, 0.5) is 0 Å². The van der Waals surface area contributed by atoms with Crippen LogP contribution in [-0.4, -0.2) is 47.7 Å². The van der Waals surface area contributed by atoms with Crippen LogP contribution in [0.2, 0.25) is 0 Å². The van der Waals surface area contributed by atoms with Crippen molar-refractivity contribution in [2.45, 2.75) is 38.8 Å². The van der Waals surface area contributed by atoms with Crippen LogP contribution in [-0.2, 0) is 4.79 Å². The molecule has 4 heteroatoms. The molecular weight excluding hydrogens is 180 g/mol. The Balaban J connectivity index is 2.51. The summed E-state index contributed by atoms with van der Waals surface area (Å²) in [6.07, 6.45) is 2.13. The average Bonchev–Trinajstić information content (AvgIpc) is 2.18. The van der Waals surface area contributed by atoms with E-state index < -0.39 is 6.04 Å². The number of hydrogen-bond donors (Lipinski definition) is 2. The first-order valence-corrected chi connectivity index (χ1v) is 5.34. The maximum absolute atomic E-state index is 11.7. The first-order chi connectivity index (χ1) is 6.69. The van der Waals surface area contributed by atoms with E-state index in [0.717, 1.165) is 25.9 Å². The minimum absolute atomic E-state index is 0.0408. The van der Waals surface area contributed by atoms with Gasteiger partial charge in [0.25, 0.3) is 0 Å². The van der Waals surface area contributed by atoms with Gasteiger partial charge in [0.05, 0.1) is 6.61 Å². The zero-order valence-electron chi connectivity index (χ0n) is 8.99. The number of aliphatic hydroxyl groups is 1. The molecule has 0 aromatic rings. The highest BCUT2D eigenvalue weighted by molar-refractivity contribution is 5.82. The third-order valence-electron chi connectivity index (χ3n) is 2.55. The molecule has 1 saturated heterocycles. The standard InChI is InChI=1S/C10H20N2O2/c1-3-4-5-12-6-8(2)11-9(7-13)10(12)14/h8-9,11,13H,3-7H2,1-2H3. The lowest BCUT2D eigenvalue weighted by Gasteiger charge is -2.36. The second kappa shape index (κ2) is 5.32. The number of hydrogen-bond acceptors (Lipinski definition) is 3. The molecule has 1 rings (SSSR count). The number of carbonyl (C=O) groups is 1. The molecular formula is C10H20N2O2. The Morgan fingerprint density at radius 2 is 2.36 bits per heavy atom. The third-order valence-corrected chi connectivity index (χ3v) is 2.55. The SMILES string of the molecule is CCCCN1CC(C)NC(CO)C1=O. The van der Waals surface area contributed by atoms with E-state index in [1.54, 1.807) is 0 Å². The predicted molar refractivity (Wildman–Crippen MR) is 55.0 cm³/mol. The van der Waals surface area contributed by atoms with E-state index in [9.17, 15) is 4.79 Å². The zero-order chi connectivity index (χ0) is 10.6. The van der Waals surface area contributed by atoms with Gasteiger partial charge in [-0.25, -0.2) is 0 Å². The van der Waals surface area contributed by atoms with E-state index in [0.29, 0.717) is 0 Å². The van der Waals surface area contributed by atoms with E-state index in [2.05, 4.69) is 12.2 Å². The fraction of sp³-hybridized carbons (Fsp3) is 0.900. The highest BCUT2D eigenvalue weighted by atomic mass is 16.3. The number of aliphatic hydroxyl groups excluding tert-OH is 1. The monoisotopic (exact) mass is 200 g/mol. The molecule has 0 aliphatic carbocycles. The van der Waals surface area contributed by atoms with Crippen LogP contribution in [0, 0.1) is 0 Å². The van der Waals surface area contributed by atoms with Gasteiger partial charge < -0.3 is 10.0 Å². The quantitative estimate of drug-likeness (QED) is 0.670. The second-order valence-corrected chi connectivity index (χ2v) is 3.94. The van der Waals surface area contributed by atoms with Gasteiger partial charge in [-0.1, -0.05) is 13.3 Å². The molecule has 1 aliphatic heterocycles. The summed E-state index contributed by atoms with van der Waals surface area (Å²) in [7, 11) is 0. The third kappa shape index (κ3) is 2.69. The lowest BCUT2D eigenvalue weighted by molar-refractivity contribution is -0.138. The van der Waals surface area contributed by atoms with Gasteiger partial charge in [-0.2, -0.15) is 0 Å². The Bertz CT molecular complexity index is 197. The van der Waals surface area contributed by atoms with Crippen LogP contribution in [0.25, 0.3) is 0 Å². The van der Waals surface area contributed by atoms with Crippen molar-refractivity contribution in [3.05, 3.63) is 0 Å². The van der Waals surface area contributed by atoms with Crippen molar-refractivity contribution >= 4 is 5.91 Å². The van der Waals surface area contributed by atoms with Crippen molar-refractivity contribution in [2.24, 2.45) is 0 Å². The number of piperazine rings is 1. The number of amides is 1. The van der Waals surface area contributed by atoms with Crippen LogP contribution >= 0.6 is 0 Å². The zero-order valence-corrected chi connectivity index (χ0v) is 8.99. The normalized spacial score (nSPS) is 28.2. The summed E-state index contributed by atoms with van der Waals surface area (Å²) >= 11 is 0. The highest BCUT2D eigenvalue weighted by Crippen LogP contribution is 2.07. The van der Waals surface area contributed by atoms with Gasteiger partial charge in [-0.15, -0.1) is 0 Å². The molecule has 2 atom stereocenters. The summed E-state index contributed by atoms with van der Waals surface area (Å²) in [5, 5.41) is 12.1. The molecule has 1 amide bonds. The van der Waals surface area contributed by atoms with E-state index in [1.165, 1.54) is 0 Å². The lowest BCUT2D eigenvalue weighted by atomic mass is 10.1. The summed E-state index contributed by atoms with van der Waals surface area (Å²) in [5.41, 5.74) is 0. The van der Waals surface area contributed by atoms with Crippen molar-refractivity contribution in [1.82, 2.24) is 10.2 Å². The molecule has 14 heavy (non-hydrogen) atoms. The van der Waals surface area contributed by atoms with Gasteiger partial charge in [0.15, 0.2) is 0 Å². The van der Waals surface area contributed by atoms with Gasteiger partial charge in [-0.3, -0.25) is 10.1 Å². The van der Waals surface area contributed by atoms with E-state index in [-0.39, 0.29) is 18.6 Å². The van der Waals surface area contributed by atoms with Crippen LogP contribution < -0.4 is 5.32 Å². The second-order valence-electron chi connectivity index (χ2n) is 3.94. The maximum Gasteiger partial charge on any atom is 0.242 e. The minimum atomic E-state index is -0.393. The van der Waals surface area contributed by atoms with Crippen LogP contribution in [0.5, 0.6) is 0 Å². The smallest absolute Gasteiger partial charge is 0.242 e. The van der Waals surface area contributed by atoms with Crippen LogP contribution in [0.1, 0.15) is 26.7 Å². The van der Waals surface area contributed by atoms with Gasteiger partial charge in [0.2, 0.25) is 5.91 Å². The minimum Gasteiger partial charge on any atom is -0.394 e. The predicted octanol–water partition coefficient (Wildman–Crippen LogP) is -0.0323. The summed E-state index contributed by atoms with van der Waals surface area (Å²) < 4.78 is 0. The summed E-state index contributed by atoms with van der Waals surface area (Å²) in [4.78, 5) is 13.6. The number of rotatable bonds is 4. The van der Waals surface area contributed by atoms with E-state index >= 15 is 0 Å². The van der Waals surface area contributed by atoms with Gasteiger partial charge in [-0.05, 0) is 13.3 Å². The lowest BCUT2D eigenvalue weighted by Crippen LogP contribution is -2.60. The molecule has 1 fully saturated rings. The molecule has 0 aromatic heterocycles. The molecule has 1 heterocycles. The Hall–Kier alpha value is -0.610. The summed E-state index contributed by atoms with van der Waals surface area (Å²) in [5.74, 6) is 0.0408. The molecule has 1 aliphatic rings. The molecule has 0 bridgehead atoms. The molecule has 2 unspecified atom stereocenters. The molecule has 0 spiro atoms. The fourth-order valence-corrected chi connectivity index (χ4v) is 1.79. The summed E-state index contributed by atoms with van der Waals surface area (Å²) in [6, 6.07) is -0.114. The van der Waals surface area contributed by atoms with Crippen molar-refractivity contribution < 1.29 is 9.90 Å². The van der Waals surface area contributed by atoms with Crippen molar-refractivity contribution in [1.29, 1.82) is 0 Å². The number of nitrogens with zero attached hydrogens (tertiary/aromatic N) is 1. The maximum atomic E-state index is 11.7. The molecule has 82 valence electrons. The first-order valence-electron chi connectivity index (χ1n) is 5.34. The topological polar surface area (TPSA) is 52.6 Å². The van der Waals surface area contributed by atoms with E-state index in [4.69, 9.17) is 5.11 Å². The first kappa shape index (κ1) is 11.5. The Morgan fingerprint density at radius 1 is 1.64 bits per heavy atom. The molecule has 2 N–H and O–H groups in total. The molecule has 0 radical (unpaired) electrons. The summed E-state index contributed by atoms with van der Waals surface area (Å²) in [6.45, 7) is 5.62. The number of carbonyl (C=O) groups excluding carboxylic acids is 1. The Kier molecular flexibility index (Phi) is 4.35. The number of unbranched alkanes of at least 4 members (excludes halogenated alkanes) is 1. The van der Waals surface area contributed by atoms with Crippen molar-refractivity contribution in [3.8, 4) is 0 Å². The average molecular weight is 200 g/mol. The van der Waals surface area contributed by atoms with Crippen molar-refractivity contribution in [2.75, 3.05) is 19.7 Å². The van der Waals surface area contributed by atoms with Crippen LogP contribution in [0.15, 0.2) is 0 Å². The van der Waals surface area contributed by atoms with Gasteiger partial charge in [0, 0.05) is 19.1 Å². The van der Waals surface area contributed by atoms with Gasteiger partial charge in [0.1, 0.15) is 6.04 Å². The largest absolute Gasteiger partial charge is 0.394 e. The van der Waals surface area contributed by atoms with Crippen molar-refractivity contribution in [3.63, 3.8) is 0 Å². The molecule has 0 saturated carbocycles. The fourth-order valence-electron chi connectivity index (χ4n) is 1.79. The Morgan fingerprint density at radius 3 is 2.93 bits per heavy atom. The van der Waals surface area contributed by atoms with Gasteiger partial charge >= 0.3 is 0 Å². The molecule has 0 aromatic carbocycles.